The number of benzene rings is 2. The van der Waals surface area contributed by atoms with Gasteiger partial charge in [0.05, 0.1) is 5.69 Å². The molecule has 8 heteroatoms. The summed E-state index contributed by atoms with van der Waals surface area (Å²) >= 11 is 1.31. The van der Waals surface area contributed by atoms with Crippen molar-refractivity contribution in [1.82, 2.24) is 4.98 Å². The van der Waals surface area contributed by atoms with E-state index in [4.69, 9.17) is 4.74 Å². The highest BCUT2D eigenvalue weighted by Gasteiger charge is 2.29. The minimum atomic E-state index is -4.46. The number of alkyl halides is 3. The van der Waals surface area contributed by atoms with Crippen molar-refractivity contribution in [3.63, 3.8) is 0 Å². The van der Waals surface area contributed by atoms with Gasteiger partial charge in [0.25, 0.3) is 5.91 Å². The van der Waals surface area contributed by atoms with Gasteiger partial charge in [-0.15, -0.1) is 11.3 Å². The van der Waals surface area contributed by atoms with Crippen molar-refractivity contribution in [3.05, 3.63) is 65.7 Å². The minimum absolute atomic E-state index is 0.0586. The van der Waals surface area contributed by atoms with Gasteiger partial charge in [-0.2, -0.15) is 13.2 Å². The Hall–Kier alpha value is -2.87. The fraction of sp³-hybridized carbons (Fsp3) is 0.111. The average Bonchev–Trinajstić information content (AvgIpc) is 3.11. The lowest BCUT2D eigenvalue weighted by Crippen LogP contribution is -2.20. The largest absolute Gasteiger partial charge is 0.482 e. The number of thiazole rings is 1. The topological polar surface area (TPSA) is 51.2 Å². The number of carbonyl (C=O) groups excluding carboxylic acids is 1. The maximum atomic E-state index is 12.4. The molecule has 0 spiro atoms. The third-order valence-electron chi connectivity index (χ3n) is 3.28. The van der Waals surface area contributed by atoms with E-state index in [-0.39, 0.29) is 17.1 Å². The molecule has 0 fully saturated rings. The van der Waals surface area contributed by atoms with Crippen LogP contribution in [0.1, 0.15) is 10.5 Å². The first kappa shape index (κ1) is 17.9. The van der Waals surface area contributed by atoms with Crippen LogP contribution in [0.15, 0.2) is 60.0 Å². The van der Waals surface area contributed by atoms with Crippen LogP contribution in [0.5, 0.6) is 5.75 Å². The molecule has 1 N–H and O–H groups in total. The Bertz CT molecular complexity index is 895. The Morgan fingerprint density at radius 1 is 1.08 bits per heavy atom. The van der Waals surface area contributed by atoms with Gasteiger partial charge in [-0.1, -0.05) is 42.5 Å². The predicted molar refractivity (Wildman–Crippen MR) is 93.5 cm³/mol. The van der Waals surface area contributed by atoms with Crippen molar-refractivity contribution in [2.75, 3.05) is 11.9 Å². The van der Waals surface area contributed by atoms with Crippen molar-refractivity contribution in [2.24, 2.45) is 0 Å². The molecule has 0 saturated heterocycles. The number of carbonyl (C=O) groups is 1. The number of hydrogen-bond acceptors (Lipinski definition) is 4. The standard InChI is InChI=1S/C18H13F3N2O2S/c19-18(20,21)11-25-15-9-5-4-8-13(15)22-16(24)14-10-26-17(23-14)12-6-2-1-3-7-12/h1-10H,11H2,(H,22,24). The van der Waals surface area contributed by atoms with Crippen LogP contribution in [-0.2, 0) is 0 Å². The zero-order valence-corrected chi connectivity index (χ0v) is 14.1. The second kappa shape index (κ2) is 7.57. The molecule has 0 aliphatic carbocycles. The van der Waals surface area contributed by atoms with Crippen LogP contribution < -0.4 is 10.1 Å². The van der Waals surface area contributed by atoms with Gasteiger partial charge in [0.15, 0.2) is 6.61 Å². The lowest BCUT2D eigenvalue weighted by atomic mass is 10.2. The summed E-state index contributed by atoms with van der Waals surface area (Å²) in [4.78, 5) is 16.6. The minimum Gasteiger partial charge on any atom is -0.482 e. The zero-order valence-electron chi connectivity index (χ0n) is 13.3. The Morgan fingerprint density at radius 2 is 1.77 bits per heavy atom. The van der Waals surface area contributed by atoms with E-state index in [2.05, 4.69) is 10.3 Å². The van der Waals surface area contributed by atoms with Crippen LogP contribution in [0, 0.1) is 0 Å². The molecule has 134 valence electrons. The normalized spacial score (nSPS) is 11.2. The number of rotatable bonds is 5. The van der Waals surface area contributed by atoms with Crippen molar-refractivity contribution < 1.29 is 22.7 Å². The summed E-state index contributed by atoms with van der Waals surface area (Å²) in [6.07, 6.45) is -4.46. The molecule has 0 aliphatic rings. The Morgan fingerprint density at radius 3 is 2.50 bits per heavy atom. The van der Waals surface area contributed by atoms with Gasteiger partial charge in [-0.3, -0.25) is 4.79 Å². The summed E-state index contributed by atoms with van der Waals surface area (Å²) < 4.78 is 41.8. The lowest BCUT2D eigenvalue weighted by molar-refractivity contribution is -0.153. The lowest BCUT2D eigenvalue weighted by Gasteiger charge is -2.13. The van der Waals surface area contributed by atoms with Crippen LogP contribution in [-0.4, -0.2) is 23.7 Å². The highest BCUT2D eigenvalue weighted by Crippen LogP contribution is 2.28. The first-order chi connectivity index (χ1) is 12.4. The fourth-order valence-electron chi connectivity index (χ4n) is 2.13. The quantitative estimate of drug-likeness (QED) is 0.679. The summed E-state index contributed by atoms with van der Waals surface area (Å²) in [5.74, 6) is -0.580. The summed E-state index contributed by atoms with van der Waals surface area (Å²) in [5.41, 5.74) is 1.21. The Kier molecular flexibility index (Phi) is 5.22. The SMILES string of the molecule is O=C(Nc1ccccc1OCC(F)(F)F)c1csc(-c2ccccc2)n1. The highest BCUT2D eigenvalue weighted by atomic mass is 32.1. The smallest absolute Gasteiger partial charge is 0.422 e. The first-order valence-electron chi connectivity index (χ1n) is 7.53. The monoisotopic (exact) mass is 378 g/mol. The van der Waals surface area contributed by atoms with Crippen LogP contribution in [0.2, 0.25) is 0 Å². The molecule has 1 aromatic heterocycles. The third kappa shape index (κ3) is 4.60. The molecule has 4 nitrogen and oxygen atoms in total. The van der Waals surface area contributed by atoms with Crippen LogP contribution in [0.25, 0.3) is 10.6 Å². The van der Waals surface area contributed by atoms with Gasteiger partial charge >= 0.3 is 6.18 Å². The van der Waals surface area contributed by atoms with Crippen LogP contribution in [0.4, 0.5) is 18.9 Å². The molecule has 0 unspecified atom stereocenters. The summed E-state index contributed by atoms with van der Waals surface area (Å²) in [6.45, 7) is -1.44. The molecular formula is C18H13F3N2O2S. The van der Waals surface area contributed by atoms with Gasteiger partial charge in [-0.25, -0.2) is 4.98 Å². The van der Waals surface area contributed by atoms with E-state index in [0.29, 0.717) is 5.01 Å². The number of hydrogen-bond donors (Lipinski definition) is 1. The van der Waals surface area contributed by atoms with E-state index in [1.807, 2.05) is 30.3 Å². The molecule has 0 bridgehead atoms. The maximum Gasteiger partial charge on any atom is 0.422 e. The van der Waals surface area contributed by atoms with E-state index in [1.165, 1.54) is 29.5 Å². The van der Waals surface area contributed by atoms with Crippen molar-refractivity contribution in [2.45, 2.75) is 6.18 Å². The molecule has 0 aliphatic heterocycles. The van der Waals surface area contributed by atoms with E-state index < -0.39 is 18.7 Å². The van der Waals surface area contributed by atoms with Crippen molar-refractivity contribution in [3.8, 4) is 16.3 Å². The van der Waals surface area contributed by atoms with E-state index in [0.717, 1.165) is 5.56 Å². The fourth-order valence-corrected chi connectivity index (χ4v) is 2.94. The number of amides is 1. The van der Waals surface area contributed by atoms with Crippen molar-refractivity contribution >= 4 is 22.9 Å². The van der Waals surface area contributed by atoms with Crippen molar-refractivity contribution in [1.29, 1.82) is 0 Å². The predicted octanol–water partition coefficient (Wildman–Crippen LogP) is 5.00. The molecular weight excluding hydrogens is 365 g/mol. The zero-order chi connectivity index (χ0) is 18.6. The number of nitrogens with zero attached hydrogens (tertiary/aromatic N) is 1. The number of para-hydroxylation sites is 2. The summed E-state index contributed by atoms with van der Waals surface area (Å²) in [6, 6.07) is 15.3. The molecule has 26 heavy (non-hydrogen) atoms. The first-order valence-corrected chi connectivity index (χ1v) is 8.41. The number of anilines is 1. The number of halogens is 3. The average molecular weight is 378 g/mol. The Labute approximate surface area is 151 Å². The molecule has 1 heterocycles. The molecule has 1 amide bonds. The Balaban J connectivity index is 1.74. The van der Waals surface area contributed by atoms with Gasteiger partial charge in [0, 0.05) is 10.9 Å². The van der Waals surface area contributed by atoms with Gasteiger partial charge in [-0.05, 0) is 12.1 Å². The molecule has 2 aromatic carbocycles. The summed E-state index contributed by atoms with van der Waals surface area (Å²) in [7, 11) is 0. The molecule has 3 aromatic rings. The number of aromatic nitrogens is 1. The number of nitrogens with one attached hydrogen (secondary N) is 1. The van der Waals surface area contributed by atoms with E-state index in [1.54, 1.807) is 11.4 Å². The van der Waals surface area contributed by atoms with Gasteiger partial charge in [0.1, 0.15) is 16.5 Å². The van der Waals surface area contributed by atoms with Gasteiger partial charge in [0.2, 0.25) is 0 Å². The molecule has 0 atom stereocenters. The van der Waals surface area contributed by atoms with Crippen LogP contribution in [0.3, 0.4) is 0 Å². The molecule has 3 rings (SSSR count). The molecule has 0 radical (unpaired) electrons. The summed E-state index contributed by atoms with van der Waals surface area (Å²) in [5, 5.41) is 4.81. The second-order valence-corrected chi connectivity index (χ2v) is 6.12. The highest BCUT2D eigenvalue weighted by molar-refractivity contribution is 7.13. The van der Waals surface area contributed by atoms with E-state index >= 15 is 0 Å². The second-order valence-electron chi connectivity index (χ2n) is 5.26. The maximum absolute atomic E-state index is 12.4. The van der Waals surface area contributed by atoms with Crippen LogP contribution >= 0.6 is 11.3 Å². The number of ether oxygens (including phenoxy) is 1. The van der Waals surface area contributed by atoms with E-state index in [9.17, 15) is 18.0 Å². The third-order valence-corrected chi connectivity index (χ3v) is 4.18. The molecule has 0 saturated carbocycles. The van der Waals surface area contributed by atoms with Gasteiger partial charge < -0.3 is 10.1 Å².